The summed E-state index contributed by atoms with van der Waals surface area (Å²) in [5, 5.41) is 0. The number of carbonyl (C=O) groups is 1. The summed E-state index contributed by atoms with van der Waals surface area (Å²) in [6, 6.07) is 0. The van der Waals surface area contributed by atoms with Crippen LogP contribution in [-0.4, -0.2) is 31.9 Å². The van der Waals surface area contributed by atoms with Crippen molar-refractivity contribution in [2.75, 3.05) is 12.0 Å². The summed E-state index contributed by atoms with van der Waals surface area (Å²) in [5.41, 5.74) is 1.54. The van der Waals surface area contributed by atoms with Crippen molar-refractivity contribution >= 4 is 15.7 Å². The highest BCUT2D eigenvalue weighted by molar-refractivity contribution is 7.91. The number of hydrogen-bond donors (Lipinski definition) is 1. The van der Waals surface area contributed by atoms with Gasteiger partial charge < -0.3 is 0 Å². The average Bonchev–Trinajstić information content (AvgIpc) is 1.78. The predicted molar refractivity (Wildman–Crippen MR) is 48.7 cm³/mol. The lowest BCUT2D eigenvalue weighted by Crippen LogP contribution is -2.36. The molecule has 0 rings (SSSR count). The first-order valence-electron chi connectivity index (χ1n) is 3.75. The molecule has 0 radical (unpaired) electrons. The topological polar surface area (TPSA) is 72.5 Å². The van der Waals surface area contributed by atoms with Gasteiger partial charge >= 0.3 is 0 Å². The number of hydroxylamine groups is 1. The highest BCUT2D eigenvalue weighted by Crippen LogP contribution is 2.03. The SMILES string of the molecule is CC(C)(C)ONC(=O)CS(C)(=O)=O. The fourth-order valence-electron chi connectivity index (χ4n) is 0.478. The van der Waals surface area contributed by atoms with Gasteiger partial charge in [0.25, 0.3) is 5.91 Å². The molecule has 0 fully saturated rings. The number of hydrogen-bond acceptors (Lipinski definition) is 4. The molecule has 0 aliphatic rings. The van der Waals surface area contributed by atoms with Crippen LogP contribution in [0.3, 0.4) is 0 Å². The molecule has 6 heteroatoms. The van der Waals surface area contributed by atoms with E-state index >= 15 is 0 Å². The van der Waals surface area contributed by atoms with Gasteiger partial charge in [-0.3, -0.25) is 9.63 Å². The zero-order valence-electron chi connectivity index (χ0n) is 8.25. The van der Waals surface area contributed by atoms with Crippen molar-refractivity contribution in [3.8, 4) is 0 Å². The molecule has 13 heavy (non-hydrogen) atoms. The van der Waals surface area contributed by atoms with E-state index in [1.54, 1.807) is 20.8 Å². The Morgan fingerprint density at radius 1 is 1.38 bits per heavy atom. The fourth-order valence-corrected chi connectivity index (χ4v) is 1.01. The van der Waals surface area contributed by atoms with Crippen molar-refractivity contribution in [3.63, 3.8) is 0 Å². The molecule has 78 valence electrons. The highest BCUT2D eigenvalue weighted by atomic mass is 32.2. The number of carbonyl (C=O) groups excluding carboxylic acids is 1. The van der Waals surface area contributed by atoms with Crippen LogP contribution in [0.15, 0.2) is 0 Å². The minimum absolute atomic E-state index is 0.521. The van der Waals surface area contributed by atoms with E-state index in [4.69, 9.17) is 4.84 Å². The molecule has 0 unspecified atom stereocenters. The van der Waals surface area contributed by atoms with Crippen LogP contribution in [-0.2, 0) is 19.5 Å². The van der Waals surface area contributed by atoms with Crippen LogP contribution in [0.25, 0.3) is 0 Å². The molecule has 0 heterocycles. The maximum absolute atomic E-state index is 10.9. The molecule has 0 spiro atoms. The second kappa shape index (κ2) is 4.06. The van der Waals surface area contributed by atoms with Crippen molar-refractivity contribution < 1.29 is 18.0 Å². The summed E-state index contributed by atoms with van der Waals surface area (Å²) in [6.45, 7) is 5.23. The van der Waals surface area contributed by atoms with Crippen LogP contribution >= 0.6 is 0 Å². The van der Waals surface area contributed by atoms with E-state index in [0.717, 1.165) is 6.26 Å². The fraction of sp³-hybridized carbons (Fsp3) is 0.857. The second-order valence-corrected chi connectivity index (χ2v) is 5.95. The Balaban J connectivity index is 3.92. The van der Waals surface area contributed by atoms with Gasteiger partial charge in [0.15, 0.2) is 9.84 Å². The van der Waals surface area contributed by atoms with Crippen LogP contribution < -0.4 is 5.48 Å². The van der Waals surface area contributed by atoms with Crippen LogP contribution in [0, 0.1) is 0 Å². The molecule has 5 nitrogen and oxygen atoms in total. The monoisotopic (exact) mass is 209 g/mol. The predicted octanol–water partition coefficient (Wildman–Crippen LogP) is -0.123. The van der Waals surface area contributed by atoms with Crippen molar-refractivity contribution in [2.45, 2.75) is 26.4 Å². The lowest BCUT2D eigenvalue weighted by Gasteiger charge is -2.18. The zero-order valence-corrected chi connectivity index (χ0v) is 9.06. The van der Waals surface area contributed by atoms with Crippen LogP contribution in [0.1, 0.15) is 20.8 Å². The number of amides is 1. The third kappa shape index (κ3) is 9.29. The highest BCUT2D eigenvalue weighted by Gasteiger charge is 2.15. The van der Waals surface area contributed by atoms with Gasteiger partial charge in [-0.15, -0.1) is 0 Å². The molecule has 0 aromatic rings. The van der Waals surface area contributed by atoms with E-state index in [-0.39, 0.29) is 0 Å². The summed E-state index contributed by atoms with van der Waals surface area (Å²) < 4.78 is 21.3. The van der Waals surface area contributed by atoms with Crippen LogP contribution in [0.4, 0.5) is 0 Å². The summed E-state index contributed by atoms with van der Waals surface area (Å²) in [5.74, 6) is -1.21. The average molecular weight is 209 g/mol. The summed E-state index contributed by atoms with van der Waals surface area (Å²) >= 11 is 0. The number of rotatable bonds is 3. The van der Waals surface area contributed by atoms with Gasteiger partial charge in [-0.05, 0) is 20.8 Å². The largest absolute Gasteiger partial charge is 0.272 e. The van der Waals surface area contributed by atoms with Crippen LogP contribution in [0.2, 0.25) is 0 Å². The molecule has 0 aromatic heterocycles. The van der Waals surface area contributed by atoms with E-state index in [9.17, 15) is 13.2 Å². The first-order valence-corrected chi connectivity index (χ1v) is 5.81. The molecule has 1 N–H and O–H groups in total. The van der Waals surface area contributed by atoms with Crippen molar-refractivity contribution in [1.82, 2.24) is 5.48 Å². The van der Waals surface area contributed by atoms with Gasteiger partial charge in [-0.25, -0.2) is 13.9 Å². The molecular formula is C7H15NO4S. The smallest absolute Gasteiger partial charge is 0.258 e. The van der Waals surface area contributed by atoms with E-state index in [1.165, 1.54) is 0 Å². The number of sulfone groups is 1. The van der Waals surface area contributed by atoms with Gasteiger partial charge in [0.1, 0.15) is 5.75 Å². The second-order valence-electron chi connectivity index (χ2n) is 3.81. The van der Waals surface area contributed by atoms with Gasteiger partial charge in [0.2, 0.25) is 0 Å². The third-order valence-electron chi connectivity index (χ3n) is 0.864. The Morgan fingerprint density at radius 3 is 2.15 bits per heavy atom. The van der Waals surface area contributed by atoms with E-state index < -0.39 is 27.1 Å². The molecular weight excluding hydrogens is 194 g/mol. The summed E-state index contributed by atoms with van der Waals surface area (Å²) in [6.07, 6.45) is 0.990. The molecule has 0 saturated heterocycles. The van der Waals surface area contributed by atoms with Gasteiger partial charge in [0, 0.05) is 6.26 Å². The first kappa shape index (κ1) is 12.4. The normalized spacial score (nSPS) is 12.6. The summed E-state index contributed by atoms with van der Waals surface area (Å²) in [7, 11) is -3.28. The standard InChI is InChI=1S/C7H15NO4S/c1-7(2,3)12-8-6(9)5-13(4,10)11/h5H2,1-4H3,(H,8,9). The number of nitrogens with one attached hydrogen (secondary N) is 1. The molecule has 0 aliphatic carbocycles. The van der Waals surface area contributed by atoms with Crippen molar-refractivity contribution in [2.24, 2.45) is 0 Å². The zero-order chi connectivity index (χ0) is 10.7. The molecule has 0 bridgehead atoms. The lowest BCUT2D eigenvalue weighted by atomic mass is 10.2. The minimum atomic E-state index is -3.28. The van der Waals surface area contributed by atoms with Crippen molar-refractivity contribution in [3.05, 3.63) is 0 Å². The maximum atomic E-state index is 10.9. The first-order chi connectivity index (χ1) is 5.60. The maximum Gasteiger partial charge on any atom is 0.258 e. The summed E-state index contributed by atoms with van der Waals surface area (Å²) in [4.78, 5) is 15.8. The Labute approximate surface area is 78.3 Å². The van der Waals surface area contributed by atoms with Crippen LogP contribution in [0.5, 0.6) is 0 Å². The Morgan fingerprint density at radius 2 is 1.85 bits per heavy atom. The van der Waals surface area contributed by atoms with E-state index in [2.05, 4.69) is 5.48 Å². The Hall–Kier alpha value is -0.620. The van der Waals surface area contributed by atoms with E-state index in [0.29, 0.717) is 0 Å². The molecule has 0 aromatic carbocycles. The quantitative estimate of drug-likeness (QED) is 0.658. The van der Waals surface area contributed by atoms with Gasteiger partial charge in [-0.1, -0.05) is 0 Å². The minimum Gasteiger partial charge on any atom is -0.272 e. The Bertz CT molecular complexity index is 275. The van der Waals surface area contributed by atoms with Gasteiger partial charge in [0.05, 0.1) is 5.60 Å². The molecule has 0 saturated carbocycles. The third-order valence-corrected chi connectivity index (χ3v) is 1.65. The lowest BCUT2D eigenvalue weighted by molar-refractivity contribution is -0.142. The van der Waals surface area contributed by atoms with Crippen molar-refractivity contribution in [1.29, 1.82) is 0 Å². The molecule has 0 atom stereocenters. The van der Waals surface area contributed by atoms with E-state index in [1.807, 2.05) is 0 Å². The van der Waals surface area contributed by atoms with Gasteiger partial charge in [-0.2, -0.15) is 0 Å². The molecule has 0 aliphatic heterocycles. The molecule has 1 amide bonds. The Kier molecular flexibility index (Phi) is 3.87.